The van der Waals surface area contributed by atoms with Crippen molar-refractivity contribution in [3.05, 3.63) is 121 Å². The van der Waals surface area contributed by atoms with Crippen LogP contribution in [0.5, 0.6) is 11.5 Å². The predicted molar refractivity (Wildman–Crippen MR) is 143 cm³/mol. The largest absolute Gasteiger partial charge is 0.507 e. The maximum absolute atomic E-state index is 10.4. The van der Waals surface area contributed by atoms with Gasteiger partial charge in [-0.15, -0.1) is 0 Å². The summed E-state index contributed by atoms with van der Waals surface area (Å²) in [6.45, 7) is 0. The van der Waals surface area contributed by atoms with Gasteiger partial charge in [0.15, 0.2) is 0 Å². The molecule has 5 nitrogen and oxygen atoms in total. The summed E-state index contributed by atoms with van der Waals surface area (Å²) >= 11 is 0. The van der Waals surface area contributed by atoms with Crippen molar-refractivity contribution in [3.8, 4) is 11.5 Å². The first kappa shape index (κ1) is 27.1. The topological polar surface area (TPSA) is 104 Å². The van der Waals surface area contributed by atoms with Crippen molar-refractivity contribution >= 4 is 38.5 Å². The SMILES string of the molecule is NC(Cc1ccccc1)C(=O)O.Oc1cccc2ccccc12.Oc1cccc2ccccc12.[Si]. The van der Waals surface area contributed by atoms with E-state index < -0.39 is 12.0 Å². The van der Waals surface area contributed by atoms with Crippen LogP contribution >= 0.6 is 0 Å². The fourth-order valence-corrected chi connectivity index (χ4v) is 3.37. The van der Waals surface area contributed by atoms with Crippen LogP contribution in [0.4, 0.5) is 0 Å². The number of carboxylic acid groups (broad SMARTS) is 1. The summed E-state index contributed by atoms with van der Waals surface area (Å²) in [7, 11) is 0. The number of benzene rings is 5. The molecule has 0 fully saturated rings. The molecule has 176 valence electrons. The minimum absolute atomic E-state index is 0. The molecule has 5 rings (SSSR count). The normalized spacial score (nSPS) is 10.7. The Balaban J connectivity index is 0.000000183. The van der Waals surface area contributed by atoms with Crippen molar-refractivity contribution in [2.24, 2.45) is 5.73 Å². The zero-order chi connectivity index (χ0) is 24.3. The average Bonchev–Trinajstić information content (AvgIpc) is 2.86. The molecular weight excluding hydrogens is 454 g/mol. The first-order chi connectivity index (χ1) is 16.5. The van der Waals surface area contributed by atoms with E-state index in [9.17, 15) is 15.0 Å². The van der Waals surface area contributed by atoms with Crippen LogP contribution in [0, 0.1) is 0 Å². The molecular formula is C29H27NO4Si. The molecule has 0 heterocycles. The van der Waals surface area contributed by atoms with E-state index in [0.717, 1.165) is 27.1 Å². The van der Waals surface area contributed by atoms with Crippen LogP contribution in [0.2, 0.25) is 0 Å². The van der Waals surface area contributed by atoms with Crippen LogP contribution in [-0.4, -0.2) is 38.3 Å². The highest BCUT2D eigenvalue weighted by Crippen LogP contribution is 2.23. The van der Waals surface area contributed by atoms with Crippen molar-refractivity contribution in [1.29, 1.82) is 0 Å². The van der Waals surface area contributed by atoms with Gasteiger partial charge in [-0.1, -0.05) is 103 Å². The molecule has 5 N–H and O–H groups in total. The van der Waals surface area contributed by atoms with E-state index in [4.69, 9.17) is 10.8 Å². The van der Waals surface area contributed by atoms with E-state index in [0.29, 0.717) is 17.9 Å². The lowest BCUT2D eigenvalue weighted by atomic mass is 10.1. The second kappa shape index (κ2) is 13.5. The molecule has 0 aliphatic rings. The summed E-state index contributed by atoms with van der Waals surface area (Å²) in [5.41, 5.74) is 6.30. The van der Waals surface area contributed by atoms with Crippen LogP contribution in [0.1, 0.15) is 5.56 Å². The Hall–Kier alpha value is -4.13. The minimum atomic E-state index is -0.959. The van der Waals surface area contributed by atoms with Gasteiger partial charge in [0.2, 0.25) is 0 Å². The van der Waals surface area contributed by atoms with Gasteiger partial charge in [0.1, 0.15) is 17.5 Å². The number of carboxylic acids is 1. The van der Waals surface area contributed by atoms with Crippen molar-refractivity contribution in [2.45, 2.75) is 12.5 Å². The van der Waals surface area contributed by atoms with E-state index >= 15 is 0 Å². The zero-order valence-electron chi connectivity index (χ0n) is 19.1. The molecule has 5 aromatic carbocycles. The maximum Gasteiger partial charge on any atom is 0.320 e. The first-order valence-corrected chi connectivity index (χ1v) is 10.8. The number of aliphatic carboxylic acids is 1. The maximum atomic E-state index is 10.4. The fourth-order valence-electron chi connectivity index (χ4n) is 3.37. The van der Waals surface area contributed by atoms with Gasteiger partial charge in [0.05, 0.1) is 0 Å². The Morgan fingerprint density at radius 1 is 0.629 bits per heavy atom. The lowest BCUT2D eigenvalue weighted by molar-refractivity contribution is -0.138. The summed E-state index contributed by atoms with van der Waals surface area (Å²) < 4.78 is 0. The lowest BCUT2D eigenvalue weighted by Gasteiger charge is -2.04. The van der Waals surface area contributed by atoms with Crippen LogP contribution in [0.15, 0.2) is 115 Å². The third-order valence-corrected chi connectivity index (χ3v) is 5.15. The number of phenols is 2. The Kier molecular flexibility index (Phi) is 10.5. The van der Waals surface area contributed by atoms with E-state index in [1.54, 1.807) is 12.1 Å². The summed E-state index contributed by atoms with van der Waals surface area (Å²) in [4.78, 5) is 10.4. The van der Waals surface area contributed by atoms with Crippen molar-refractivity contribution in [2.75, 3.05) is 0 Å². The molecule has 5 aromatic rings. The summed E-state index contributed by atoms with van der Waals surface area (Å²) in [5.74, 6) is -0.259. The number of carbonyl (C=O) groups is 1. The molecule has 0 bridgehead atoms. The van der Waals surface area contributed by atoms with Crippen molar-refractivity contribution in [1.82, 2.24) is 0 Å². The number of phenolic OH excluding ortho intramolecular Hbond substituents is 2. The van der Waals surface area contributed by atoms with Crippen LogP contribution < -0.4 is 5.73 Å². The van der Waals surface area contributed by atoms with Gasteiger partial charge < -0.3 is 21.1 Å². The lowest BCUT2D eigenvalue weighted by Crippen LogP contribution is -2.32. The highest BCUT2D eigenvalue weighted by molar-refractivity contribution is 5.88. The minimum Gasteiger partial charge on any atom is -0.507 e. The monoisotopic (exact) mass is 481 g/mol. The molecule has 1 atom stereocenters. The number of hydrogen-bond donors (Lipinski definition) is 4. The van der Waals surface area contributed by atoms with Gasteiger partial charge in [0, 0.05) is 21.7 Å². The summed E-state index contributed by atoms with van der Waals surface area (Å²) in [6, 6.07) is 35.1. The van der Waals surface area contributed by atoms with Gasteiger partial charge in [-0.2, -0.15) is 0 Å². The molecule has 4 radical (unpaired) electrons. The average molecular weight is 482 g/mol. The summed E-state index contributed by atoms with van der Waals surface area (Å²) in [5, 5.41) is 31.2. The Labute approximate surface area is 209 Å². The van der Waals surface area contributed by atoms with Gasteiger partial charge in [-0.3, -0.25) is 4.79 Å². The van der Waals surface area contributed by atoms with Gasteiger partial charge in [-0.05, 0) is 34.9 Å². The molecule has 0 spiro atoms. The number of fused-ring (bicyclic) bond motifs is 2. The molecule has 0 saturated heterocycles. The van der Waals surface area contributed by atoms with Gasteiger partial charge >= 0.3 is 5.97 Å². The second-order valence-corrected chi connectivity index (χ2v) is 7.63. The second-order valence-electron chi connectivity index (χ2n) is 7.63. The quantitative estimate of drug-likeness (QED) is 0.260. The van der Waals surface area contributed by atoms with Crippen molar-refractivity contribution in [3.63, 3.8) is 0 Å². The van der Waals surface area contributed by atoms with Gasteiger partial charge in [0.25, 0.3) is 0 Å². The Morgan fingerprint density at radius 3 is 1.46 bits per heavy atom. The number of hydrogen-bond acceptors (Lipinski definition) is 4. The molecule has 0 saturated carbocycles. The molecule has 0 aromatic heterocycles. The third-order valence-electron chi connectivity index (χ3n) is 5.15. The summed E-state index contributed by atoms with van der Waals surface area (Å²) in [6.07, 6.45) is 0.385. The Morgan fingerprint density at radius 2 is 1.03 bits per heavy atom. The molecule has 35 heavy (non-hydrogen) atoms. The predicted octanol–water partition coefficient (Wildman–Crippen LogP) is 5.35. The zero-order valence-corrected chi connectivity index (χ0v) is 20.1. The molecule has 0 aliphatic carbocycles. The van der Waals surface area contributed by atoms with Gasteiger partial charge in [-0.25, -0.2) is 0 Å². The third kappa shape index (κ3) is 7.99. The Bertz CT molecular complexity index is 1270. The van der Waals surface area contributed by atoms with Crippen LogP contribution in [0.25, 0.3) is 21.5 Å². The van der Waals surface area contributed by atoms with E-state index in [1.165, 1.54) is 0 Å². The van der Waals surface area contributed by atoms with E-state index in [2.05, 4.69) is 0 Å². The number of rotatable bonds is 3. The number of nitrogens with two attached hydrogens (primary N) is 1. The van der Waals surface area contributed by atoms with E-state index in [-0.39, 0.29) is 11.0 Å². The first-order valence-electron chi connectivity index (χ1n) is 10.8. The van der Waals surface area contributed by atoms with Crippen LogP contribution in [0.3, 0.4) is 0 Å². The van der Waals surface area contributed by atoms with Crippen molar-refractivity contribution < 1.29 is 20.1 Å². The van der Waals surface area contributed by atoms with E-state index in [1.807, 2.05) is 103 Å². The smallest absolute Gasteiger partial charge is 0.320 e. The molecule has 0 aliphatic heterocycles. The highest BCUT2D eigenvalue weighted by atomic mass is 28.1. The molecule has 6 heteroatoms. The number of aromatic hydroxyl groups is 2. The fraction of sp³-hybridized carbons (Fsp3) is 0.0690. The molecule has 1 unspecified atom stereocenters. The highest BCUT2D eigenvalue weighted by Gasteiger charge is 2.10. The van der Waals surface area contributed by atoms with Crippen LogP contribution in [-0.2, 0) is 11.2 Å². The standard InChI is InChI=1S/2C10H8O.C9H11NO2.Si/c2*11-10-7-3-5-8-4-1-2-6-9(8)10;10-8(9(11)12)6-7-4-2-1-3-5-7;/h2*1-7,11H;1-5,8H,6,10H2,(H,11,12);. The molecule has 0 amide bonds.